The zero-order valence-corrected chi connectivity index (χ0v) is 15.3. The van der Waals surface area contributed by atoms with Crippen molar-refractivity contribution in [3.05, 3.63) is 59.7 Å². The molecular formula is C21H28N2O. The molecule has 1 amide bonds. The van der Waals surface area contributed by atoms with Crippen LogP contribution in [-0.4, -0.2) is 20.0 Å². The van der Waals surface area contributed by atoms with Crippen molar-refractivity contribution in [2.45, 2.75) is 33.1 Å². The van der Waals surface area contributed by atoms with Gasteiger partial charge in [-0.15, -0.1) is 0 Å². The lowest BCUT2D eigenvalue weighted by atomic mass is 9.90. The molecule has 0 spiro atoms. The van der Waals surface area contributed by atoms with Gasteiger partial charge in [0.1, 0.15) is 0 Å². The third-order valence-electron chi connectivity index (χ3n) is 4.19. The van der Waals surface area contributed by atoms with E-state index in [-0.39, 0.29) is 11.8 Å². The summed E-state index contributed by atoms with van der Waals surface area (Å²) in [6.45, 7) is 6.38. The van der Waals surface area contributed by atoms with Crippen LogP contribution in [0, 0.1) is 5.92 Å². The molecule has 24 heavy (non-hydrogen) atoms. The van der Waals surface area contributed by atoms with Crippen molar-refractivity contribution in [3.63, 3.8) is 0 Å². The second kappa shape index (κ2) is 8.00. The van der Waals surface area contributed by atoms with Crippen LogP contribution < -0.4 is 10.2 Å². The molecule has 1 N–H and O–H groups in total. The predicted octanol–water partition coefficient (Wildman–Crippen LogP) is 4.69. The standard InChI is InChI=1S/C21H28N2O/c1-15(2)14-17-8-6-7-9-20(17)16(3)21(24)22-18-10-12-19(13-11-18)23(4)5/h6-13,15-16H,14H2,1-5H3,(H,22,24)/t16-/m1/s1. The molecule has 0 unspecified atom stereocenters. The highest BCUT2D eigenvalue weighted by molar-refractivity contribution is 5.95. The fraction of sp³-hybridized carbons (Fsp3) is 0.381. The number of anilines is 2. The Morgan fingerprint density at radius 1 is 1.00 bits per heavy atom. The van der Waals surface area contributed by atoms with E-state index in [0.29, 0.717) is 5.92 Å². The summed E-state index contributed by atoms with van der Waals surface area (Å²) in [4.78, 5) is 14.7. The lowest BCUT2D eigenvalue weighted by Crippen LogP contribution is -2.20. The monoisotopic (exact) mass is 324 g/mol. The van der Waals surface area contributed by atoms with Crippen molar-refractivity contribution in [3.8, 4) is 0 Å². The minimum Gasteiger partial charge on any atom is -0.378 e. The first-order valence-electron chi connectivity index (χ1n) is 8.54. The van der Waals surface area contributed by atoms with Crippen LogP contribution in [-0.2, 0) is 11.2 Å². The Morgan fingerprint density at radius 2 is 1.62 bits per heavy atom. The van der Waals surface area contributed by atoms with Crippen LogP contribution in [0.2, 0.25) is 0 Å². The van der Waals surface area contributed by atoms with Crippen molar-refractivity contribution in [1.82, 2.24) is 0 Å². The zero-order valence-electron chi connectivity index (χ0n) is 15.3. The Balaban J connectivity index is 2.12. The minimum absolute atomic E-state index is 0.0313. The van der Waals surface area contributed by atoms with Crippen molar-refractivity contribution in [2.24, 2.45) is 5.92 Å². The molecule has 0 aliphatic rings. The first-order chi connectivity index (χ1) is 11.4. The lowest BCUT2D eigenvalue weighted by Gasteiger charge is -2.18. The van der Waals surface area contributed by atoms with Crippen LogP contribution in [0.15, 0.2) is 48.5 Å². The van der Waals surface area contributed by atoms with Gasteiger partial charge in [0.25, 0.3) is 0 Å². The first kappa shape index (κ1) is 18.1. The van der Waals surface area contributed by atoms with Crippen LogP contribution >= 0.6 is 0 Å². The fourth-order valence-corrected chi connectivity index (χ4v) is 2.82. The highest BCUT2D eigenvalue weighted by Gasteiger charge is 2.18. The summed E-state index contributed by atoms with van der Waals surface area (Å²) >= 11 is 0. The maximum Gasteiger partial charge on any atom is 0.231 e. The Bertz CT molecular complexity index is 674. The second-order valence-corrected chi connectivity index (χ2v) is 6.95. The van der Waals surface area contributed by atoms with Gasteiger partial charge in [0.15, 0.2) is 0 Å². The Hall–Kier alpha value is -2.29. The van der Waals surface area contributed by atoms with Crippen LogP contribution in [0.25, 0.3) is 0 Å². The predicted molar refractivity (Wildman–Crippen MR) is 103 cm³/mol. The molecule has 2 aromatic rings. The largest absolute Gasteiger partial charge is 0.378 e. The van der Waals surface area contributed by atoms with Crippen LogP contribution in [0.5, 0.6) is 0 Å². The van der Waals surface area contributed by atoms with Gasteiger partial charge in [0.2, 0.25) is 5.91 Å². The number of rotatable bonds is 6. The number of benzene rings is 2. The van der Waals surface area contributed by atoms with E-state index in [9.17, 15) is 4.79 Å². The van der Waals surface area contributed by atoms with Gasteiger partial charge in [-0.3, -0.25) is 4.79 Å². The van der Waals surface area contributed by atoms with Gasteiger partial charge in [-0.05, 0) is 54.7 Å². The third kappa shape index (κ3) is 4.60. The molecular weight excluding hydrogens is 296 g/mol. The van der Waals surface area contributed by atoms with Crippen molar-refractivity contribution < 1.29 is 4.79 Å². The van der Waals surface area contributed by atoms with Gasteiger partial charge < -0.3 is 10.2 Å². The SMILES string of the molecule is CC(C)Cc1ccccc1[C@@H](C)C(=O)Nc1ccc(N(C)C)cc1. The van der Waals surface area contributed by atoms with E-state index in [1.807, 2.05) is 62.3 Å². The topological polar surface area (TPSA) is 32.3 Å². The van der Waals surface area contributed by atoms with Gasteiger partial charge in [-0.1, -0.05) is 38.1 Å². The quantitative estimate of drug-likeness (QED) is 0.836. The molecule has 2 aromatic carbocycles. The summed E-state index contributed by atoms with van der Waals surface area (Å²) in [5.41, 5.74) is 4.33. The van der Waals surface area contributed by atoms with Crippen molar-refractivity contribution >= 4 is 17.3 Å². The molecule has 3 nitrogen and oxygen atoms in total. The fourth-order valence-electron chi connectivity index (χ4n) is 2.82. The van der Waals surface area contributed by atoms with Crippen molar-refractivity contribution in [1.29, 1.82) is 0 Å². The van der Waals surface area contributed by atoms with E-state index in [1.54, 1.807) is 0 Å². The number of nitrogens with zero attached hydrogens (tertiary/aromatic N) is 1. The summed E-state index contributed by atoms with van der Waals surface area (Å²) in [5, 5.41) is 3.03. The number of hydrogen-bond acceptors (Lipinski definition) is 2. The molecule has 0 radical (unpaired) electrons. The van der Waals surface area contributed by atoms with Gasteiger partial charge >= 0.3 is 0 Å². The summed E-state index contributed by atoms with van der Waals surface area (Å²) in [6.07, 6.45) is 0.991. The second-order valence-electron chi connectivity index (χ2n) is 6.95. The van der Waals surface area contributed by atoms with Gasteiger partial charge in [-0.2, -0.15) is 0 Å². The van der Waals surface area contributed by atoms with Gasteiger partial charge in [0.05, 0.1) is 5.92 Å². The molecule has 0 heterocycles. The molecule has 2 rings (SSSR count). The van der Waals surface area contributed by atoms with Crippen molar-refractivity contribution in [2.75, 3.05) is 24.3 Å². The Morgan fingerprint density at radius 3 is 2.21 bits per heavy atom. The van der Waals surface area contributed by atoms with E-state index in [2.05, 4.69) is 31.3 Å². The summed E-state index contributed by atoms with van der Waals surface area (Å²) in [6, 6.07) is 16.2. The van der Waals surface area contributed by atoms with E-state index in [1.165, 1.54) is 5.56 Å². The first-order valence-corrected chi connectivity index (χ1v) is 8.54. The third-order valence-corrected chi connectivity index (χ3v) is 4.19. The number of nitrogens with one attached hydrogen (secondary N) is 1. The summed E-state index contributed by atoms with van der Waals surface area (Å²) < 4.78 is 0. The average Bonchev–Trinajstić information content (AvgIpc) is 2.54. The normalized spacial score (nSPS) is 12.1. The van der Waals surface area contributed by atoms with E-state index < -0.39 is 0 Å². The van der Waals surface area contributed by atoms with Crippen LogP contribution in [0.4, 0.5) is 11.4 Å². The molecule has 0 saturated heterocycles. The van der Waals surface area contributed by atoms with Gasteiger partial charge in [-0.25, -0.2) is 0 Å². The number of hydrogen-bond donors (Lipinski definition) is 1. The van der Waals surface area contributed by atoms with Gasteiger partial charge in [0, 0.05) is 25.5 Å². The molecule has 0 fully saturated rings. The molecule has 1 atom stereocenters. The van der Waals surface area contributed by atoms with E-state index >= 15 is 0 Å². The van der Waals surface area contributed by atoms with Crippen LogP contribution in [0.3, 0.4) is 0 Å². The van der Waals surface area contributed by atoms with E-state index in [0.717, 1.165) is 23.4 Å². The lowest BCUT2D eigenvalue weighted by molar-refractivity contribution is -0.117. The van der Waals surface area contributed by atoms with E-state index in [4.69, 9.17) is 0 Å². The number of carbonyl (C=O) groups is 1. The number of amides is 1. The Labute approximate surface area is 145 Å². The Kier molecular flexibility index (Phi) is 6.02. The molecule has 0 saturated carbocycles. The highest BCUT2D eigenvalue weighted by atomic mass is 16.1. The maximum absolute atomic E-state index is 12.6. The molecule has 0 aliphatic heterocycles. The molecule has 128 valence electrons. The zero-order chi connectivity index (χ0) is 17.7. The molecule has 0 aromatic heterocycles. The minimum atomic E-state index is -0.173. The average molecular weight is 324 g/mol. The summed E-state index contributed by atoms with van der Waals surface area (Å²) in [5.74, 6) is 0.428. The smallest absolute Gasteiger partial charge is 0.231 e. The van der Waals surface area contributed by atoms with Crippen LogP contribution in [0.1, 0.15) is 37.8 Å². The molecule has 0 bridgehead atoms. The molecule has 0 aliphatic carbocycles. The highest BCUT2D eigenvalue weighted by Crippen LogP contribution is 2.24. The summed E-state index contributed by atoms with van der Waals surface area (Å²) in [7, 11) is 4.00. The maximum atomic E-state index is 12.6. The molecule has 3 heteroatoms. The number of carbonyl (C=O) groups excluding carboxylic acids is 1.